The summed E-state index contributed by atoms with van der Waals surface area (Å²) >= 11 is 0. The van der Waals surface area contributed by atoms with E-state index in [0.29, 0.717) is 57.8 Å². The lowest BCUT2D eigenvalue weighted by molar-refractivity contribution is -0.181. The van der Waals surface area contributed by atoms with Crippen LogP contribution in [-0.2, 0) is 19.5 Å². The highest BCUT2D eigenvalue weighted by Gasteiger charge is 2.40. The lowest BCUT2D eigenvalue weighted by Gasteiger charge is -2.37. The molecule has 3 saturated heterocycles. The number of nitrogens with zero attached hydrogens (tertiary/aromatic N) is 2. The Bertz CT molecular complexity index is 771. The van der Waals surface area contributed by atoms with E-state index in [1.165, 1.54) is 0 Å². The van der Waals surface area contributed by atoms with Crippen molar-refractivity contribution in [2.45, 2.75) is 42.8 Å². The van der Waals surface area contributed by atoms with Crippen molar-refractivity contribution in [2.24, 2.45) is 0 Å². The topological polar surface area (TPSA) is 76.2 Å². The summed E-state index contributed by atoms with van der Waals surface area (Å²) in [6, 6.07) is 6.33. The van der Waals surface area contributed by atoms with E-state index < -0.39 is 15.8 Å². The summed E-state index contributed by atoms with van der Waals surface area (Å²) in [5.74, 6) is -0.590. The summed E-state index contributed by atoms with van der Waals surface area (Å²) in [4.78, 5) is 14.8. The fraction of sp³-hybridized carbons (Fsp3) is 0.632. The normalized spacial score (nSPS) is 23.6. The van der Waals surface area contributed by atoms with E-state index in [-0.39, 0.29) is 10.8 Å². The highest BCUT2D eigenvalue weighted by atomic mass is 32.2. The van der Waals surface area contributed by atoms with Crippen molar-refractivity contribution in [3.63, 3.8) is 0 Å². The molecule has 1 aromatic carbocycles. The van der Waals surface area contributed by atoms with Gasteiger partial charge in [-0.05, 0) is 37.1 Å². The predicted octanol–water partition coefficient (Wildman–Crippen LogP) is 1.84. The third-order valence-corrected chi connectivity index (χ3v) is 7.59. The number of likely N-dealkylation sites (tertiary alicyclic amines) is 1. The largest absolute Gasteiger partial charge is 0.347 e. The number of hydrogen-bond donors (Lipinski definition) is 0. The van der Waals surface area contributed by atoms with Gasteiger partial charge in [0.2, 0.25) is 10.0 Å². The van der Waals surface area contributed by atoms with Crippen molar-refractivity contribution in [2.75, 3.05) is 39.4 Å². The van der Waals surface area contributed by atoms with Crippen molar-refractivity contribution in [3.05, 3.63) is 29.8 Å². The molecule has 4 rings (SSSR count). The van der Waals surface area contributed by atoms with E-state index >= 15 is 0 Å². The number of amides is 1. The van der Waals surface area contributed by atoms with Gasteiger partial charge < -0.3 is 14.4 Å². The third kappa shape index (κ3) is 3.76. The highest BCUT2D eigenvalue weighted by Crippen LogP contribution is 2.31. The molecule has 0 radical (unpaired) electrons. The van der Waals surface area contributed by atoms with Crippen LogP contribution in [0.2, 0.25) is 0 Å². The minimum atomic E-state index is -3.47. The van der Waals surface area contributed by atoms with Gasteiger partial charge in [0.1, 0.15) is 0 Å². The molecule has 0 N–H and O–H groups in total. The monoisotopic (exact) mass is 394 g/mol. The molecule has 0 aromatic heterocycles. The van der Waals surface area contributed by atoms with Crippen LogP contribution < -0.4 is 0 Å². The average Bonchev–Trinajstić information content (AvgIpc) is 3.17. The Kier molecular flexibility index (Phi) is 5.24. The van der Waals surface area contributed by atoms with Gasteiger partial charge in [-0.15, -0.1) is 0 Å². The van der Waals surface area contributed by atoms with Crippen LogP contribution >= 0.6 is 0 Å². The number of carbonyl (C=O) groups excluding carboxylic acids is 1. The van der Waals surface area contributed by atoms with E-state index in [0.717, 1.165) is 19.3 Å². The molecule has 3 aliphatic rings. The zero-order valence-corrected chi connectivity index (χ0v) is 16.2. The standard InChI is InChI=1S/C19H26N2O5S/c22-18(20-12-8-19(9-13-20)25-14-15-26-19)16-4-6-17(7-5-16)27(23,24)21-10-2-1-3-11-21/h4-7H,1-3,8-15H2. The number of ether oxygens (including phenoxy) is 2. The number of carbonyl (C=O) groups is 1. The van der Waals surface area contributed by atoms with Gasteiger partial charge in [-0.2, -0.15) is 4.31 Å². The quantitative estimate of drug-likeness (QED) is 0.782. The third-order valence-electron chi connectivity index (χ3n) is 5.68. The summed E-state index contributed by atoms with van der Waals surface area (Å²) in [5, 5.41) is 0. The van der Waals surface area contributed by atoms with Gasteiger partial charge in [-0.3, -0.25) is 4.79 Å². The summed E-state index contributed by atoms with van der Waals surface area (Å²) in [5.41, 5.74) is 0.511. The van der Waals surface area contributed by atoms with Gasteiger partial charge >= 0.3 is 0 Å². The van der Waals surface area contributed by atoms with Crippen LogP contribution in [0.4, 0.5) is 0 Å². The molecule has 0 saturated carbocycles. The van der Waals surface area contributed by atoms with Crippen molar-refractivity contribution in [3.8, 4) is 0 Å². The molecule has 3 heterocycles. The van der Waals surface area contributed by atoms with Gasteiger partial charge in [0.05, 0.1) is 18.1 Å². The van der Waals surface area contributed by atoms with Crippen LogP contribution in [0.25, 0.3) is 0 Å². The maximum absolute atomic E-state index is 12.8. The van der Waals surface area contributed by atoms with E-state index in [9.17, 15) is 13.2 Å². The Morgan fingerprint density at radius 1 is 0.889 bits per heavy atom. The van der Waals surface area contributed by atoms with Crippen LogP contribution in [0.15, 0.2) is 29.2 Å². The molecule has 8 heteroatoms. The Balaban J connectivity index is 1.42. The summed E-state index contributed by atoms with van der Waals surface area (Å²) in [7, 11) is -3.47. The molecule has 3 aliphatic heterocycles. The van der Waals surface area contributed by atoms with Crippen LogP contribution in [0.3, 0.4) is 0 Å². The Morgan fingerprint density at radius 3 is 2.07 bits per heavy atom. The van der Waals surface area contributed by atoms with E-state index in [2.05, 4.69) is 0 Å². The molecule has 3 fully saturated rings. The number of rotatable bonds is 3. The van der Waals surface area contributed by atoms with Gasteiger partial charge in [0, 0.05) is 44.6 Å². The first-order valence-electron chi connectivity index (χ1n) is 9.68. The van der Waals surface area contributed by atoms with E-state index in [4.69, 9.17) is 9.47 Å². The number of benzene rings is 1. The SMILES string of the molecule is O=C(c1ccc(S(=O)(=O)N2CCCCC2)cc1)N1CCC2(CC1)OCCO2. The first-order valence-corrected chi connectivity index (χ1v) is 11.1. The molecule has 1 aromatic rings. The molecule has 0 unspecified atom stereocenters. The molecular weight excluding hydrogens is 368 g/mol. The molecule has 1 amide bonds. The van der Waals surface area contributed by atoms with Crippen molar-refractivity contribution < 1.29 is 22.7 Å². The summed E-state index contributed by atoms with van der Waals surface area (Å²) < 4.78 is 38.4. The van der Waals surface area contributed by atoms with Gasteiger partial charge in [0.15, 0.2) is 5.79 Å². The number of hydrogen-bond acceptors (Lipinski definition) is 5. The molecule has 7 nitrogen and oxygen atoms in total. The first-order chi connectivity index (χ1) is 13.0. The molecule has 0 bridgehead atoms. The average molecular weight is 394 g/mol. The maximum atomic E-state index is 12.8. The predicted molar refractivity (Wildman–Crippen MR) is 98.8 cm³/mol. The molecule has 148 valence electrons. The van der Waals surface area contributed by atoms with Crippen molar-refractivity contribution in [1.29, 1.82) is 0 Å². The maximum Gasteiger partial charge on any atom is 0.253 e. The molecule has 1 spiro atoms. The second kappa shape index (κ2) is 7.50. The van der Waals surface area contributed by atoms with Crippen molar-refractivity contribution >= 4 is 15.9 Å². The van der Waals surface area contributed by atoms with Crippen LogP contribution in [0, 0.1) is 0 Å². The zero-order valence-electron chi connectivity index (χ0n) is 15.4. The minimum absolute atomic E-state index is 0.0789. The minimum Gasteiger partial charge on any atom is -0.347 e. The van der Waals surface area contributed by atoms with Crippen LogP contribution in [0.1, 0.15) is 42.5 Å². The molecule has 0 atom stereocenters. The zero-order chi connectivity index (χ0) is 18.9. The smallest absolute Gasteiger partial charge is 0.253 e. The second-order valence-electron chi connectivity index (χ2n) is 7.39. The summed E-state index contributed by atoms with van der Waals surface area (Å²) in [6.45, 7) is 3.52. The Morgan fingerprint density at radius 2 is 1.48 bits per heavy atom. The Labute approximate surface area is 160 Å². The van der Waals surface area contributed by atoms with Gasteiger partial charge in [0.25, 0.3) is 5.91 Å². The lowest BCUT2D eigenvalue weighted by atomic mass is 10.0. The van der Waals surface area contributed by atoms with E-state index in [1.54, 1.807) is 33.5 Å². The first kappa shape index (κ1) is 18.9. The summed E-state index contributed by atoms with van der Waals surface area (Å²) in [6.07, 6.45) is 4.21. The molecular formula is C19H26N2O5S. The van der Waals surface area contributed by atoms with Gasteiger partial charge in [-0.25, -0.2) is 8.42 Å². The van der Waals surface area contributed by atoms with Gasteiger partial charge in [-0.1, -0.05) is 6.42 Å². The van der Waals surface area contributed by atoms with Crippen LogP contribution in [-0.4, -0.2) is 68.7 Å². The van der Waals surface area contributed by atoms with Crippen LogP contribution in [0.5, 0.6) is 0 Å². The van der Waals surface area contributed by atoms with Crippen molar-refractivity contribution in [1.82, 2.24) is 9.21 Å². The Hall–Kier alpha value is -1.48. The van der Waals surface area contributed by atoms with E-state index in [1.807, 2.05) is 0 Å². The second-order valence-corrected chi connectivity index (χ2v) is 9.33. The number of piperidine rings is 2. The molecule has 0 aliphatic carbocycles. The molecule has 27 heavy (non-hydrogen) atoms. The fourth-order valence-corrected chi connectivity index (χ4v) is 5.56. The lowest BCUT2D eigenvalue weighted by Crippen LogP contribution is -2.47. The number of sulfonamides is 1. The fourth-order valence-electron chi connectivity index (χ4n) is 4.04. The highest BCUT2D eigenvalue weighted by molar-refractivity contribution is 7.89.